The summed E-state index contributed by atoms with van der Waals surface area (Å²) in [5, 5.41) is 4.04. The molecule has 1 amide bonds. The smallest absolute Gasteiger partial charge is 0.267 e. The summed E-state index contributed by atoms with van der Waals surface area (Å²) >= 11 is 0. The number of hydrogen-bond donors (Lipinski definition) is 0. The summed E-state index contributed by atoms with van der Waals surface area (Å²) in [4.78, 5) is 22.2. The average molecular weight is 383 g/mol. The topological polar surface area (TPSA) is 54.4 Å². The Labute approximate surface area is 163 Å². The number of nitrogens with zero attached hydrogens (tertiary/aromatic N) is 3. The van der Waals surface area contributed by atoms with E-state index in [1.807, 2.05) is 29.2 Å². The van der Waals surface area contributed by atoms with Crippen molar-refractivity contribution in [3.8, 4) is 5.75 Å². The van der Waals surface area contributed by atoms with E-state index in [1.54, 1.807) is 19.2 Å². The van der Waals surface area contributed by atoms with E-state index < -0.39 is 6.10 Å². The van der Waals surface area contributed by atoms with Crippen molar-refractivity contribution in [2.45, 2.75) is 12.5 Å². The summed E-state index contributed by atoms with van der Waals surface area (Å²) in [7, 11) is 1.66. The molecule has 7 heteroatoms. The minimum Gasteiger partial charge on any atom is -0.495 e. The predicted octanol–water partition coefficient (Wildman–Crippen LogP) is 2.68. The molecule has 1 fully saturated rings. The maximum atomic E-state index is 13.1. The van der Waals surface area contributed by atoms with Crippen LogP contribution in [-0.2, 0) is 9.63 Å². The van der Waals surface area contributed by atoms with E-state index in [4.69, 9.17) is 9.57 Å². The second-order valence-electron chi connectivity index (χ2n) is 6.83. The van der Waals surface area contributed by atoms with Gasteiger partial charge in [-0.3, -0.25) is 4.79 Å². The van der Waals surface area contributed by atoms with E-state index in [0.29, 0.717) is 25.2 Å². The molecular weight excluding hydrogens is 361 g/mol. The fourth-order valence-corrected chi connectivity index (χ4v) is 3.59. The molecule has 0 bridgehead atoms. The van der Waals surface area contributed by atoms with Crippen LogP contribution in [0.5, 0.6) is 5.75 Å². The van der Waals surface area contributed by atoms with Gasteiger partial charge in [0.25, 0.3) is 5.91 Å². The van der Waals surface area contributed by atoms with E-state index in [0.717, 1.165) is 30.1 Å². The summed E-state index contributed by atoms with van der Waals surface area (Å²) in [6.45, 7) is 2.68. The monoisotopic (exact) mass is 383 g/mol. The molecule has 0 saturated carbocycles. The molecule has 2 aliphatic heterocycles. The van der Waals surface area contributed by atoms with Crippen LogP contribution in [0.1, 0.15) is 12.0 Å². The summed E-state index contributed by atoms with van der Waals surface area (Å²) in [5.74, 6) is 0.475. The lowest BCUT2D eigenvalue weighted by molar-refractivity contribution is -0.142. The lowest BCUT2D eigenvalue weighted by Gasteiger charge is -2.37. The van der Waals surface area contributed by atoms with Crippen LogP contribution >= 0.6 is 0 Å². The third-order valence-electron chi connectivity index (χ3n) is 5.14. The maximum Gasteiger partial charge on any atom is 0.267 e. The highest BCUT2D eigenvalue weighted by Gasteiger charge is 2.34. The second kappa shape index (κ2) is 7.88. The first-order valence-electron chi connectivity index (χ1n) is 9.31. The van der Waals surface area contributed by atoms with Gasteiger partial charge in [0.15, 0.2) is 0 Å². The molecule has 0 radical (unpaired) electrons. The molecule has 1 unspecified atom stereocenters. The van der Waals surface area contributed by atoms with Gasteiger partial charge in [0.1, 0.15) is 11.6 Å². The van der Waals surface area contributed by atoms with E-state index in [-0.39, 0.29) is 11.7 Å². The largest absolute Gasteiger partial charge is 0.495 e. The number of rotatable bonds is 4. The van der Waals surface area contributed by atoms with Crippen molar-refractivity contribution in [1.29, 1.82) is 0 Å². The van der Waals surface area contributed by atoms with Crippen LogP contribution in [0, 0.1) is 5.82 Å². The molecule has 0 N–H and O–H groups in total. The lowest BCUT2D eigenvalue weighted by atomic mass is 10.0. The normalized spacial score (nSPS) is 19.2. The van der Waals surface area contributed by atoms with Crippen molar-refractivity contribution in [3.05, 3.63) is 59.9 Å². The third-order valence-corrected chi connectivity index (χ3v) is 5.14. The molecule has 28 heavy (non-hydrogen) atoms. The number of anilines is 1. The van der Waals surface area contributed by atoms with Gasteiger partial charge in [-0.1, -0.05) is 29.4 Å². The van der Waals surface area contributed by atoms with Crippen LogP contribution in [-0.4, -0.2) is 55.9 Å². The van der Waals surface area contributed by atoms with Crippen LogP contribution in [0.3, 0.4) is 0 Å². The molecule has 2 aromatic carbocycles. The molecule has 4 rings (SSSR count). The van der Waals surface area contributed by atoms with Crippen LogP contribution < -0.4 is 9.64 Å². The molecular formula is C21H22FN3O3. The number of carbonyl (C=O) groups excluding carboxylic acids is 1. The zero-order valence-electron chi connectivity index (χ0n) is 15.7. The molecule has 2 aromatic rings. The quantitative estimate of drug-likeness (QED) is 0.815. The first-order chi connectivity index (χ1) is 13.7. The number of halogens is 1. The number of oxime groups is 1. The molecule has 1 atom stereocenters. The number of methoxy groups -OCH3 is 1. The zero-order valence-corrected chi connectivity index (χ0v) is 15.7. The van der Waals surface area contributed by atoms with Gasteiger partial charge in [-0.15, -0.1) is 0 Å². The highest BCUT2D eigenvalue weighted by atomic mass is 19.1. The lowest BCUT2D eigenvalue weighted by Crippen LogP contribution is -2.51. The van der Waals surface area contributed by atoms with Gasteiger partial charge in [0, 0.05) is 32.6 Å². The summed E-state index contributed by atoms with van der Waals surface area (Å²) < 4.78 is 18.5. The average Bonchev–Trinajstić information content (AvgIpc) is 3.24. The van der Waals surface area contributed by atoms with E-state index in [1.165, 1.54) is 12.1 Å². The van der Waals surface area contributed by atoms with Crippen LogP contribution in [0.2, 0.25) is 0 Å². The van der Waals surface area contributed by atoms with Crippen molar-refractivity contribution in [2.75, 3.05) is 38.2 Å². The van der Waals surface area contributed by atoms with Gasteiger partial charge >= 0.3 is 0 Å². The van der Waals surface area contributed by atoms with Gasteiger partial charge in [-0.05, 0) is 29.8 Å². The number of amides is 1. The Hall–Kier alpha value is -3.09. The molecule has 2 aliphatic rings. The molecule has 6 nitrogen and oxygen atoms in total. The number of piperazine rings is 1. The van der Waals surface area contributed by atoms with Crippen molar-refractivity contribution < 1.29 is 18.8 Å². The standard InChI is InChI=1S/C21H22FN3O3/c1-27-19-5-3-2-4-18(19)24-10-12-25(13-11-24)21(26)20-14-17(23-28-20)15-6-8-16(22)9-7-15/h2-9,20H,10-14H2,1H3. The van der Waals surface area contributed by atoms with Crippen molar-refractivity contribution in [2.24, 2.45) is 5.16 Å². The minimum atomic E-state index is -0.613. The van der Waals surface area contributed by atoms with Crippen LogP contribution in [0.4, 0.5) is 10.1 Å². The van der Waals surface area contributed by atoms with E-state index in [9.17, 15) is 9.18 Å². The van der Waals surface area contributed by atoms with Gasteiger partial charge < -0.3 is 19.4 Å². The van der Waals surface area contributed by atoms with Crippen molar-refractivity contribution >= 4 is 17.3 Å². The zero-order chi connectivity index (χ0) is 19.5. The Morgan fingerprint density at radius 1 is 1.11 bits per heavy atom. The molecule has 0 spiro atoms. The molecule has 0 aromatic heterocycles. The Morgan fingerprint density at radius 3 is 2.54 bits per heavy atom. The van der Waals surface area contributed by atoms with Gasteiger partial charge in [0.05, 0.1) is 18.5 Å². The number of hydrogen-bond acceptors (Lipinski definition) is 5. The highest BCUT2D eigenvalue weighted by Crippen LogP contribution is 2.28. The SMILES string of the molecule is COc1ccccc1N1CCN(C(=O)C2CC(c3ccc(F)cc3)=NO2)CC1. The molecule has 0 aliphatic carbocycles. The number of para-hydroxylation sites is 2. The van der Waals surface area contributed by atoms with Gasteiger partial charge in [-0.2, -0.15) is 0 Å². The van der Waals surface area contributed by atoms with Crippen molar-refractivity contribution in [1.82, 2.24) is 4.90 Å². The predicted molar refractivity (Wildman–Crippen MR) is 104 cm³/mol. The Balaban J connectivity index is 1.34. The maximum absolute atomic E-state index is 13.1. The highest BCUT2D eigenvalue weighted by molar-refractivity contribution is 6.04. The summed E-state index contributed by atoms with van der Waals surface area (Å²) in [6.07, 6.45) is -0.213. The summed E-state index contributed by atoms with van der Waals surface area (Å²) in [5.41, 5.74) is 2.49. The number of benzene rings is 2. The first kappa shape index (κ1) is 18.3. The molecule has 1 saturated heterocycles. The minimum absolute atomic E-state index is 0.0551. The van der Waals surface area contributed by atoms with E-state index >= 15 is 0 Å². The van der Waals surface area contributed by atoms with Crippen LogP contribution in [0.15, 0.2) is 53.7 Å². The van der Waals surface area contributed by atoms with Crippen LogP contribution in [0.25, 0.3) is 0 Å². The van der Waals surface area contributed by atoms with Crippen molar-refractivity contribution in [3.63, 3.8) is 0 Å². The number of carbonyl (C=O) groups is 1. The fourth-order valence-electron chi connectivity index (χ4n) is 3.59. The van der Waals surface area contributed by atoms with Gasteiger partial charge in [-0.25, -0.2) is 4.39 Å². The second-order valence-corrected chi connectivity index (χ2v) is 6.83. The fraction of sp³-hybridized carbons (Fsp3) is 0.333. The van der Waals surface area contributed by atoms with E-state index in [2.05, 4.69) is 10.1 Å². The molecule has 146 valence electrons. The third kappa shape index (κ3) is 3.65. The molecule has 2 heterocycles. The number of ether oxygens (including phenoxy) is 1. The first-order valence-corrected chi connectivity index (χ1v) is 9.31. The van der Waals surface area contributed by atoms with Gasteiger partial charge in [0.2, 0.25) is 6.10 Å². The Morgan fingerprint density at radius 2 is 1.82 bits per heavy atom. The Bertz CT molecular complexity index is 877. The Kier molecular flexibility index (Phi) is 5.14. The summed E-state index contributed by atoms with van der Waals surface area (Å²) in [6, 6.07) is 13.9.